The van der Waals surface area contributed by atoms with E-state index in [2.05, 4.69) is 21.3 Å². The largest absolute Gasteiger partial charge is 0.477 e. The molecule has 0 saturated carbocycles. The first-order valence-electron chi connectivity index (χ1n) is 30.2. The molecule has 43 heteroatoms. The lowest BCUT2D eigenvalue weighted by Gasteiger charge is -2.51. The van der Waals surface area contributed by atoms with E-state index in [0.717, 1.165) is 27.7 Å². The number of carbonyl (C=O) groups excluding carboxylic acids is 4. The van der Waals surface area contributed by atoms with Crippen LogP contribution in [0.1, 0.15) is 34.1 Å². The van der Waals surface area contributed by atoms with Gasteiger partial charge in [-0.3, -0.25) is 19.2 Å². The molecular weight excluding hydrogens is 1320 g/mol. The number of ether oxygens (including phenoxy) is 13. The number of amides is 4. The number of aliphatic hydroxyl groups excluding tert-OH is 20. The molecule has 4 amide bonds. The second-order valence-electron chi connectivity index (χ2n) is 24.0. The number of carboxylic acids is 1. The van der Waals surface area contributed by atoms with E-state index in [1.807, 2.05) is 0 Å². The van der Waals surface area contributed by atoms with Crippen LogP contribution in [-0.2, 0) is 85.6 Å². The molecule has 0 aromatic heterocycles. The second-order valence-corrected chi connectivity index (χ2v) is 24.0. The summed E-state index contributed by atoms with van der Waals surface area (Å²) in [6.07, 6.45) is -64.7. The van der Waals surface area contributed by atoms with Crippen molar-refractivity contribution in [3.8, 4) is 0 Å². The van der Waals surface area contributed by atoms with E-state index >= 15 is 0 Å². The van der Waals surface area contributed by atoms with Gasteiger partial charge in [-0.2, -0.15) is 0 Å². The smallest absolute Gasteiger partial charge is 0.364 e. The van der Waals surface area contributed by atoms with E-state index in [1.165, 1.54) is 0 Å². The first kappa shape index (κ1) is 79.4. The summed E-state index contributed by atoms with van der Waals surface area (Å²) in [4.78, 5) is 63.2. The fourth-order valence-corrected chi connectivity index (χ4v) is 12.2. The van der Waals surface area contributed by atoms with Gasteiger partial charge < -0.3 is 190 Å². The summed E-state index contributed by atoms with van der Waals surface area (Å²) in [5, 5.41) is 239. The fraction of sp³-hybridized carbons (Fsp3) is 0.906. The minimum Gasteiger partial charge on any atom is -0.477 e. The number of carboxylic acid groups (broad SMARTS) is 1. The molecule has 36 atom stereocenters. The van der Waals surface area contributed by atoms with E-state index in [0.29, 0.717) is 0 Å². The maximum atomic E-state index is 13.2. The minimum atomic E-state index is -3.26. The van der Waals surface area contributed by atoms with Gasteiger partial charge in [-0.15, -0.1) is 0 Å². The predicted octanol–water partition coefficient (Wildman–Crippen LogP) is -16.5. The number of carbonyl (C=O) groups is 5. The van der Waals surface area contributed by atoms with E-state index in [1.54, 1.807) is 0 Å². The number of aliphatic carboxylic acids is 1. The molecule has 7 saturated heterocycles. The third kappa shape index (κ3) is 17.5. The van der Waals surface area contributed by atoms with E-state index in [9.17, 15) is 131 Å². The zero-order valence-corrected chi connectivity index (χ0v) is 51.6. The zero-order valence-electron chi connectivity index (χ0n) is 51.6. The summed E-state index contributed by atoms with van der Waals surface area (Å²) >= 11 is 0. The summed E-state index contributed by atoms with van der Waals surface area (Å²) < 4.78 is 75.2. The minimum absolute atomic E-state index is 0.791. The van der Waals surface area contributed by atoms with Crippen molar-refractivity contribution < 1.29 is 193 Å². The molecule has 96 heavy (non-hydrogen) atoms. The highest BCUT2D eigenvalue weighted by Crippen LogP contribution is 2.40. The lowest BCUT2D eigenvalue weighted by atomic mass is 9.88. The van der Waals surface area contributed by atoms with Crippen molar-refractivity contribution in [3.63, 3.8) is 0 Å². The normalized spacial score (nSPS) is 46.0. The van der Waals surface area contributed by atoms with Crippen molar-refractivity contribution in [1.82, 2.24) is 21.3 Å². The van der Waals surface area contributed by atoms with Crippen LogP contribution in [0.2, 0.25) is 0 Å². The molecule has 0 bridgehead atoms. The number of aliphatic hydroxyl groups is 20. The third-order valence-corrected chi connectivity index (χ3v) is 17.1. The lowest BCUT2D eigenvalue weighted by molar-refractivity contribution is -0.388. The Kier molecular flexibility index (Phi) is 28.2. The van der Waals surface area contributed by atoms with Crippen LogP contribution in [-0.4, -0.2) is 403 Å². The Bertz CT molecular complexity index is 2540. The fourth-order valence-electron chi connectivity index (χ4n) is 12.2. The Labute approximate surface area is 543 Å². The predicted molar refractivity (Wildman–Crippen MR) is 295 cm³/mol. The SMILES string of the molecule is CC(=O)N[C@@H]1[C@@H](O[C@@H]2O[C@H](CO)[C@H](O)[C@H](O)[C@H]2O)[C@@H](O)[C@@H](CO[C@@H]2O[C@H](CO)[C@@H](O[C@@H]3O[C@H](CO)[C@H](O)[C@H](O[C@@H]4O[C@H](CO)[C@@H](O)[C@H](O[C@@H]5O[C@H](CO)[C@H](O)[C@H](O[C@]6(C(=O)O)C[C@H](O)[C@@H](NC(C)=O)[C@H]([C@H](O)[C@H](O)CO)O6)[C@H]5O)[C@H]4NC(C)=O)[C@H]3O)[C@H](O)[C@H]2NC(C)=O)O[C@@H]1O. The van der Waals surface area contributed by atoms with Crippen molar-refractivity contribution in [2.75, 3.05) is 46.2 Å². The van der Waals surface area contributed by atoms with E-state index < -0.39 is 303 Å². The Morgan fingerprint density at radius 2 is 0.833 bits per heavy atom. The Morgan fingerprint density at radius 3 is 1.34 bits per heavy atom. The molecule has 0 spiro atoms. The Balaban J connectivity index is 1.11. The molecule has 0 aromatic carbocycles. The molecule has 0 aromatic rings. The van der Waals surface area contributed by atoms with Gasteiger partial charge in [0.1, 0.15) is 165 Å². The van der Waals surface area contributed by atoms with Gasteiger partial charge in [0, 0.05) is 34.1 Å². The first-order valence-corrected chi connectivity index (χ1v) is 30.2. The molecule has 25 N–H and O–H groups in total. The highest BCUT2D eigenvalue weighted by Gasteiger charge is 2.62. The van der Waals surface area contributed by atoms with Crippen LogP contribution < -0.4 is 21.3 Å². The molecule has 0 aliphatic carbocycles. The van der Waals surface area contributed by atoms with Gasteiger partial charge in [-0.25, -0.2) is 4.79 Å². The van der Waals surface area contributed by atoms with Gasteiger partial charge in [0.15, 0.2) is 37.7 Å². The van der Waals surface area contributed by atoms with E-state index in [4.69, 9.17) is 61.6 Å². The summed E-state index contributed by atoms with van der Waals surface area (Å²) in [6, 6.07) is -7.09. The molecule has 7 heterocycles. The summed E-state index contributed by atoms with van der Waals surface area (Å²) in [7, 11) is 0. The molecule has 7 rings (SSSR count). The van der Waals surface area contributed by atoms with Crippen molar-refractivity contribution in [2.45, 2.75) is 254 Å². The number of nitrogens with one attached hydrogen (secondary N) is 4. The van der Waals surface area contributed by atoms with Gasteiger partial charge in [0.2, 0.25) is 23.6 Å². The maximum Gasteiger partial charge on any atom is 0.364 e. The maximum absolute atomic E-state index is 13.2. The Morgan fingerprint density at radius 1 is 0.427 bits per heavy atom. The monoisotopic (exact) mass is 1400 g/mol. The molecule has 7 fully saturated rings. The first-order chi connectivity index (χ1) is 45.2. The average molecular weight is 1410 g/mol. The van der Waals surface area contributed by atoms with Gasteiger partial charge in [-0.1, -0.05) is 0 Å². The van der Waals surface area contributed by atoms with Gasteiger partial charge >= 0.3 is 5.97 Å². The number of hydrogen-bond donors (Lipinski definition) is 25. The Hall–Kier alpha value is -3.97. The summed E-state index contributed by atoms with van der Waals surface area (Å²) in [5.41, 5.74) is 0. The van der Waals surface area contributed by atoms with Crippen molar-refractivity contribution in [1.29, 1.82) is 0 Å². The van der Waals surface area contributed by atoms with Crippen LogP contribution in [0.3, 0.4) is 0 Å². The average Bonchev–Trinajstić information content (AvgIpc) is 0.760. The lowest BCUT2D eigenvalue weighted by Crippen LogP contribution is -2.71. The molecule has 43 nitrogen and oxygen atoms in total. The third-order valence-electron chi connectivity index (χ3n) is 17.1. The molecule has 554 valence electrons. The molecule has 0 radical (unpaired) electrons. The van der Waals surface area contributed by atoms with Crippen molar-refractivity contribution in [2.24, 2.45) is 0 Å². The summed E-state index contributed by atoms with van der Waals surface area (Å²) in [6.45, 7) is -3.58. The van der Waals surface area contributed by atoms with Crippen molar-refractivity contribution in [3.05, 3.63) is 0 Å². The van der Waals surface area contributed by atoms with Crippen LogP contribution in [0.15, 0.2) is 0 Å². The van der Waals surface area contributed by atoms with Crippen LogP contribution in [0.25, 0.3) is 0 Å². The molecular formula is C53H88N4O39. The molecule has 7 aliphatic heterocycles. The van der Waals surface area contributed by atoms with Crippen LogP contribution in [0, 0.1) is 0 Å². The van der Waals surface area contributed by atoms with Gasteiger partial charge in [-0.05, 0) is 0 Å². The molecule has 7 aliphatic rings. The van der Waals surface area contributed by atoms with Gasteiger partial charge in [0.05, 0.1) is 58.4 Å². The topological polar surface area (TPSA) is 678 Å². The van der Waals surface area contributed by atoms with Crippen LogP contribution >= 0.6 is 0 Å². The quantitative estimate of drug-likeness (QED) is 0.0382. The highest BCUT2D eigenvalue weighted by molar-refractivity contribution is 5.77. The highest BCUT2D eigenvalue weighted by atomic mass is 16.8. The number of hydrogen-bond acceptors (Lipinski definition) is 38. The van der Waals surface area contributed by atoms with Crippen molar-refractivity contribution >= 4 is 29.6 Å². The zero-order chi connectivity index (χ0) is 71.3. The van der Waals surface area contributed by atoms with E-state index in [-0.39, 0.29) is 0 Å². The van der Waals surface area contributed by atoms with Gasteiger partial charge in [0.25, 0.3) is 5.79 Å². The van der Waals surface area contributed by atoms with Crippen LogP contribution in [0.4, 0.5) is 0 Å². The molecule has 0 unspecified atom stereocenters. The summed E-state index contributed by atoms with van der Waals surface area (Å²) in [5.74, 6) is -8.87. The standard InChI is InChI=1S/C53H88N4O39/c1-13(64)54-25-17(68)5-53(52(82)83,95-43(25)29(70)18(69)6-58)96-45-33(74)22(10-62)89-51(39(45)80)93-42-28(57-16(4)67)48(86-20(8-60)31(42)72)94-44-32(73)21(9-61)88-50(38(44)79)91-40-23(11-63)90-47(26(35(40)76)55-14(2)65)84-12-24-34(75)41(27(46(81)85-24)56-15(3)66)92-49-37(78)36(77)30(71)19(7-59)87-49/h17-51,58-63,68-81H,5-12H2,1-4H3,(H,54,64)(H,55,65)(H,56,66)(H,57,67)(H,82,83)/t17-,18+,19+,20+,21+,22+,23+,24+,25+,26+,27+,28+,29+,30-,31+,32-,33-,34-,35+,36-,37+,38+,39+,40+,41+,42+,43+,44-,45-,46-,47+,48-,49-,50-,51-,53-/m0/s1. The van der Waals surface area contributed by atoms with Crippen LogP contribution in [0.5, 0.6) is 0 Å². The second kappa shape index (κ2) is 34.1. The number of rotatable bonds is 26.